The highest BCUT2D eigenvalue weighted by atomic mass is 32.1. The molecular formula is C4H3NO2S. The van der Waals surface area contributed by atoms with Crippen molar-refractivity contribution in [3.63, 3.8) is 0 Å². The van der Waals surface area contributed by atoms with E-state index < -0.39 is 5.97 Å². The van der Waals surface area contributed by atoms with Crippen LogP contribution >= 0.6 is 11.5 Å². The second kappa shape index (κ2) is 1.92. The number of carboxylic acids is 1. The van der Waals surface area contributed by atoms with Gasteiger partial charge in [-0.1, -0.05) is 0 Å². The standard InChI is InChI=1S/C4H3NO2S/c6-4(7)3-1-2-8-5-3/h1-2H,(H,6,7). The summed E-state index contributed by atoms with van der Waals surface area (Å²) in [5.41, 5.74) is 0.120. The molecule has 3 nitrogen and oxygen atoms in total. The molecule has 4 heteroatoms. The Morgan fingerprint density at radius 1 is 1.88 bits per heavy atom. The average molecular weight is 129 g/mol. The van der Waals surface area contributed by atoms with Crippen molar-refractivity contribution in [2.75, 3.05) is 0 Å². The first-order valence-electron chi connectivity index (χ1n) is 1.94. The van der Waals surface area contributed by atoms with Crippen LogP contribution in [0.4, 0.5) is 0 Å². The quantitative estimate of drug-likeness (QED) is 0.611. The lowest BCUT2D eigenvalue weighted by Crippen LogP contribution is -1.93. The third-order valence-corrected chi connectivity index (χ3v) is 1.22. The number of aromatic carboxylic acids is 1. The first-order chi connectivity index (χ1) is 3.80. The van der Waals surface area contributed by atoms with Crippen molar-refractivity contribution >= 4 is 17.5 Å². The van der Waals surface area contributed by atoms with Gasteiger partial charge in [-0.25, -0.2) is 4.79 Å². The fourth-order valence-corrected chi connectivity index (χ4v) is 0.826. The summed E-state index contributed by atoms with van der Waals surface area (Å²) >= 11 is 1.14. The Morgan fingerprint density at radius 3 is 2.88 bits per heavy atom. The topological polar surface area (TPSA) is 50.2 Å². The van der Waals surface area contributed by atoms with Crippen LogP contribution in [-0.2, 0) is 0 Å². The maximum Gasteiger partial charge on any atom is 0.355 e. The molecule has 0 spiro atoms. The van der Waals surface area contributed by atoms with Gasteiger partial charge in [-0.3, -0.25) is 0 Å². The van der Waals surface area contributed by atoms with Gasteiger partial charge in [0.2, 0.25) is 0 Å². The maximum absolute atomic E-state index is 10.0. The zero-order chi connectivity index (χ0) is 5.98. The van der Waals surface area contributed by atoms with Crippen LogP contribution in [0.5, 0.6) is 0 Å². The number of hydrogen-bond acceptors (Lipinski definition) is 3. The van der Waals surface area contributed by atoms with Crippen LogP contribution in [-0.4, -0.2) is 15.4 Å². The summed E-state index contributed by atoms with van der Waals surface area (Å²) in [6.07, 6.45) is 0. The van der Waals surface area contributed by atoms with Gasteiger partial charge < -0.3 is 5.11 Å². The average Bonchev–Trinajstić information content (AvgIpc) is 2.12. The van der Waals surface area contributed by atoms with Crippen molar-refractivity contribution in [1.29, 1.82) is 0 Å². The van der Waals surface area contributed by atoms with Gasteiger partial charge in [0.25, 0.3) is 0 Å². The largest absolute Gasteiger partial charge is 0.476 e. The molecule has 0 saturated carbocycles. The van der Waals surface area contributed by atoms with E-state index in [0.29, 0.717) is 0 Å². The molecule has 0 radical (unpaired) electrons. The summed E-state index contributed by atoms with van der Waals surface area (Å²) in [4.78, 5) is 10.0. The molecule has 0 fully saturated rings. The number of carbonyl (C=O) groups is 1. The number of nitrogens with zero attached hydrogens (tertiary/aromatic N) is 1. The molecule has 1 rings (SSSR count). The summed E-state index contributed by atoms with van der Waals surface area (Å²) in [5.74, 6) is -0.966. The molecule has 0 aliphatic rings. The Morgan fingerprint density at radius 2 is 2.62 bits per heavy atom. The van der Waals surface area contributed by atoms with Crippen LogP contribution < -0.4 is 0 Å². The van der Waals surface area contributed by atoms with Gasteiger partial charge in [0, 0.05) is 5.38 Å². The lowest BCUT2D eigenvalue weighted by Gasteiger charge is -1.77. The van der Waals surface area contributed by atoms with E-state index >= 15 is 0 Å². The zero-order valence-electron chi connectivity index (χ0n) is 3.87. The van der Waals surface area contributed by atoms with Crippen molar-refractivity contribution in [3.8, 4) is 0 Å². The van der Waals surface area contributed by atoms with Crippen molar-refractivity contribution in [2.45, 2.75) is 0 Å². The summed E-state index contributed by atoms with van der Waals surface area (Å²) < 4.78 is 3.56. The van der Waals surface area contributed by atoms with Gasteiger partial charge >= 0.3 is 5.97 Å². The second-order valence-electron chi connectivity index (χ2n) is 1.19. The van der Waals surface area contributed by atoms with E-state index in [1.54, 1.807) is 5.38 Å². The summed E-state index contributed by atoms with van der Waals surface area (Å²) in [7, 11) is 0. The smallest absolute Gasteiger partial charge is 0.355 e. The van der Waals surface area contributed by atoms with Crippen LogP contribution in [0.25, 0.3) is 0 Å². The molecule has 0 atom stereocenters. The number of carboxylic acid groups (broad SMARTS) is 1. The first kappa shape index (κ1) is 5.24. The van der Waals surface area contributed by atoms with Crippen molar-refractivity contribution < 1.29 is 9.90 Å². The van der Waals surface area contributed by atoms with Crippen molar-refractivity contribution in [1.82, 2.24) is 4.37 Å². The molecule has 0 bridgehead atoms. The van der Waals surface area contributed by atoms with E-state index in [1.807, 2.05) is 0 Å². The highest BCUT2D eigenvalue weighted by Gasteiger charge is 2.01. The summed E-state index contributed by atoms with van der Waals surface area (Å²) in [5, 5.41) is 9.85. The fourth-order valence-electron chi connectivity index (χ4n) is 0.323. The summed E-state index contributed by atoms with van der Waals surface area (Å²) in [6, 6.07) is 1.47. The van der Waals surface area contributed by atoms with Gasteiger partial charge in [-0.05, 0) is 17.6 Å². The highest BCUT2D eigenvalue weighted by Crippen LogP contribution is 1.97. The first-order valence-corrected chi connectivity index (χ1v) is 2.78. The van der Waals surface area contributed by atoms with E-state index in [4.69, 9.17) is 5.11 Å². The number of rotatable bonds is 1. The molecule has 1 aromatic rings. The Bertz CT molecular complexity index is 182. The zero-order valence-corrected chi connectivity index (χ0v) is 4.68. The van der Waals surface area contributed by atoms with Crippen LogP contribution in [0.1, 0.15) is 10.5 Å². The third-order valence-electron chi connectivity index (χ3n) is 0.657. The Balaban J connectivity index is 2.93. The molecule has 0 unspecified atom stereocenters. The Labute approximate surface area is 49.8 Å². The molecule has 0 aromatic carbocycles. The van der Waals surface area contributed by atoms with E-state index in [9.17, 15) is 4.79 Å². The van der Waals surface area contributed by atoms with E-state index in [-0.39, 0.29) is 5.69 Å². The van der Waals surface area contributed by atoms with E-state index in [2.05, 4.69) is 4.37 Å². The van der Waals surface area contributed by atoms with E-state index in [0.717, 1.165) is 11.5 Å². The van der Waals surface area contributed by atoms with E-state index in [1.165, 1.54) is 6.07 Å². The minimum atomic E-state index is -0.966. The molecule has 0 amide bonds. The number of aromatic nitrogens is 1. The predicted molar refractivity (Wildman–Crippen MR) is 29.1 cm³/mol. The molecule has 1 aromatic heterocycles. The molecule has 0 saturated heterocycles. The lowest BCUT2D eigenvalue weighted by atomic mass is 10.5. The lowest BCUT2D eigenvalue weighted by molar-refractivity contribution is 0.0692. The van der Waals surface area contributed by atoms with Crippen LogP contribution in [0, 0.1) is 0 Å². The molecule has 42 valence electrons. The monoisotopic (exact) mass is 129 g/mol. The molecule has 1 heterocycles. The SMILES string of the molecule is O=C(O)c1ccsn1. The Hall–Kier alpha value is -0.900. The molecular weight excluding hydrogens is 126 g/mol. The van der Waals surface area contributed by atoms with Gasteiger partial charge in [-0.15, -0.1) is 0 Å². The minimum absolute atomic E-state index is 0.120. The summed E-state index contributed by atoms with van der Waals surface area (Å²) in [6.45, 7) is 0. The highest BCUT2D eigenvalue weighted by molar-refractivity contribution is 7.03. The predicted octanol–water partition coefficient (Wildman–Crippen LogP) is 0.841. The number of hydrogen-bond donors (Lipinski definition) is 1. The maximum atomic E-state index is 10.0. The van der Waals surface area contributed by atoms with Gasteiger partial charge in [-0.2, -0.15) is 4.37 Å². The molecule has 8 heavy (non-hydrogen) atoms. The van der Waals surface area contributed by atoms with Crippen LogP contribution in [0.3, 0.4) is 0 Å². The Kier molecular flexibility index (Phi) is 1.26. The molecule has 1 N–H and O–H groups in total. The fraction of sp³-hybridized carbons (Fsp3) is 0. The van der Waals surface area contributed by atoms with Crippen LogP contribution in [0.2, 0.25) is 0 Å². The van der Waals surface area contributed by atoms with Crippen molar-refractivity contribution in [3.05, 3.63) is 17.1 Å². The van der Waals surface area contributed by atoms with Crippen LogP contribution in [0.15, 0.2) is 11.4 Å². The van der Waals surface area contributed by atoms with Crippen molar-refractivity contribution in [2.24, 2.45) is 0 Å². The van der Waals surface area contributed by atoms with Gasteiger partial charge in [0.15, 0.2) is 5.69 Å². The third kappa shape index (κ3) is 0.840. The normalized spacial score (nSPS) is 9.00. The van der Waals surface area contributed by atoms with Gasteiger partial charge in [0.05, 0.1) is 0 Å². The molecule has 0 aliphatic carbocycles. The molecule has 0 aliphatic heterocycles. The second-order valence-corrected chi connectivity index (χ2v) is 1.86. The minimum Gasteiger partial charge on any atom is -0.476 e. The van der Waals surface area contributed by atoms with Gasteiger partial charge in [0.1, 0.15) is 0 Å².